The summed E-state index contributed by atoms with van der Waals surface area (Å²) in [5, 5.41) is 4.21. The Morgan fingerprint density at radius 1 is 1.28 bits per heavy atom. The number of aromatic amines is 1. The summed E-state index contributed by atoms with van der Waals surface area (Å²) < 4.78 is 4.37. The van der Waals surface area contributed by atoms with Crippen molar-refractivity contribution in [2.24, 2.45) is 0 Å². The maximum atomic E-state index is 4.64. The van der Waals surface area contributed by atoms with Crippen LogP contribution in [0.15, 0.2) is 18.2 Å². The van der Waals surface area contributed by atoms with Gasteiger partial charge in [0.25, 0.3) is 0 Å². The normalized spacial score (nSPS) is 11.1. The lowest BCUT2D eigenvalue weighted by atomic mass is 10.2. The lowest BCUT2D eigenvalue weighted by molar-refractivity contribution is 1.28. The SMILES string of the molecule is CNc1snc(C)c1-c1nc2ccc(C)cc2[nH]1. The van der Waals surface area contributed by atoms with E-state index in [0.29, 0.717) is 0 Å². The predicted molar refractivity (Wildman–Crippen MR) is 76.2 cm³/mol. The van der Waals surface area contributed by atoms with Gasteiger partial charge in [-0.15, -0.1) is 0 Å². The second-order valence-corrected chi connectivity index (χ2v) is 5.10. The van der Waals surface area contributed by atoms with Gasteiger partial charge in [-0.25, -0.2) is 4.98 Å². The number of imidazole rings is 1. The first-order chi connectivity index (χ1) is 8.69. The van der Waals surface area contributed by atoms with Gasteiger partial charge in [-0.1, -0.05) is 6.07 Å². The van der Waals surface area contributed by atoms with Crippen LogP contribution in [-0.2, 0) is 0 Å². The van der Waals surface area contributed by atoms with E-state index in [-0.39, 0.29) is 0 Å². The van der Waals surface area contributed by atoms with Gasteiger partial charge in [-0.2, -0.15) is 4.37 Å². The van der Waals surface area contributed by atoms with Crippen molar-refractivity contribution in [2.45, 2.75) is 13.8 Å². The Morgan fingerprint density at radius 2 is 2.11 bits per heavy atom. The van der Waals surface area contributed by atoms with Gasteiger partial charge >= 0.3 is 0 Å². The minimum Gasteiger partial charge on any atom is -0.378 e. The van der Waals surface area contributed by atoms with E-state index in [1.807, 2.05) is 20.0 Å². The van der Waals surface area contributed by atoms with Crippen molar-refractivity contribution in [1.29, 1.82) is 0 Å². The molecule has 1 aromatic carbocycles. The molecule has 0 aliphatic rings. The Bertz CT molecular complexity index is 711. The zero-order chi connectivity index (χ0) is 12.7. The van der Waals surface area contributed by atoms with E-state index in [1.54, 1.807) is 0 Å². The number of aromatic nitrogens is 3. The molecule has 0 aliphatic heterocycles. The van der Waals surface area contributed by atoms with Gasteiger partial charge in [0.15, 0.2) is 0 Å². The van der Waals surface area contributed by atoms with Gasteiger partial charge in [-0.3, -0.25) is 0 Å². The molecule has 0 fully saturated rings. The second-order valence-electron chi connectivity index (χ2n) is 4.33. The minimum atomic E-state index is 0.881. The Labute approximate surface area is 109 Å². The van der Waals surface area contributed by atoms with Crippen molar-refractivity contribution in [2.75, 3.05) is 12.4 Å². The van der Waals surface area contributed by atoms with E-state index in [0.717, 1.165) is 33.1 Å². The van der Waals surface area contributed by atoms with E-state index >= 15 is 0 Å². The number of benzene rings is 1. The molecule has 0 radical (unpaired) electrons. The fourth-order valence-corrected chi connectivity index (χ4v) is 2.81. The molecule has 3 rings (SSSR count). The fourth-order valence-electron chi connectivity index (χ4n) is 2.06. The molecule has 0 bridgehead atoms. The summed E-state index contributed by atoms with van der Waals surface area (Å²) in [4.78, 5) is 8.01. The smallest absolute Gasteiger partial charge is 0.143 e. The summed E-state index contributed by atoms with van der Waals surface area (Å²) in [5.74, 6) is 0.881. The molecule has 0 spiro atoms. The lowest BCUT2D eigenvalue weighted by Gasteiger charge is -1.98. The topological polar surface area (TPSA) is 53.6 Å². The van der Waals surface area contributed by atoms with Crippen LogP contribution in [0.25, 0.3) is 22.4 Å². The monoisotopic (exact) mass is 258 g/mol. The zero-order valence-corrected chi connectivity index (χ0v) is 11.4. The minimum absolute atomic E-state index is 0.881. The molecule has 2 heterocycles. The number of aryl methyl sites for hydroxylation is 2. The highest BCUT2D eigenvalue weighted by Gasteiger charge is 2.15. The lowest BCUT2D eigenvalue weighted by Crippen LogP contribution is -1.89. The second kappa shape index (κ2) is 4.10. The number of rotatable bonds is 2. The van der Waals surface area contributed by atoms with Crippen LogP contribution in [0.5, 0.6) is 0 Å². The summed E-state index contributed by atoms with van der Waals surface area (Å²) >= 11 is 1.46. The van der Waals surface area contributed by atoms with Gasteiger partial charge in [0.2, 0.25) is 0 Å². The van der Waals surface area contributed by atoms with E-state index < -0.39 is 0 Å². The molecule has 5 heteroatoms. The number of H-pyrrole nitrogens is 1. The highest BCUT2D eigenvalue weighted by Crippen LogP contribution is 2.33. The summed E-state index contributed by atoms with van der Waals surface area (Å²) in [6, 6.07) is 6.23. The summed E-state index contributed by atoms with van der Waals surface area (Å²) in [6.07, 6.45) is 0. The van der Waals surface area contributed by atoms with Crippen LogP contribution in [-0.4, -0.2) is 21.4 Å². The van der Waals surface area contributed by atoms with Gasteiger partial charge < -0.3 is 10.3 Å². The van der Waals surface area contributed by atoms with Crippen molar-refractivity contribution in [3.05, 3.63) is 29.5 Å². The average Bonchev–Trinajstić information content (AvgIpc) is 2.91. The molecule has 3 aromatic rings. The Kier molecular flexibility index (Phi) is 2.56. The maximum Gasteiger partial charge on any atom is 0.143 e. The standard InChI is InChI=1S/C13H14N4S/c1-7-4-5-9-10(6-7)16-12(15-9)11-8(2)17-18-13(11)14-3/h4-6,14H,1-3H3,(H,15,16). The third-order valence-electron chi connectivity index (χ3n) is 2.96. The van der Waals surface area contributed by atoms with E-state index in [4.69, 9.17) is 0 Å². The van der Waals surface area contributed by atoms with Crippen molar-refractivity contribution < 1.29 is 0 Å². The fraction of sp³-hybridized carbons (Fsp3) is 0.231. The third kappa shape index (κ3) is 1.67. The van der Waals surface area contributed by atoms with Crippen molar-refractivity contribution in [3.8, 4) is 11.4 Å². The Balaban J connectivity index is 2.22. The largest absolute Gasteiger partial charge is 0.378 e. The first-order valence-electron chi connectivity index (χ1n) is 5.80. The molecule has 18 heavy (non-hydrogen) atoms. The first kappa shape index (κ1) is 11.2. The van der Waals surface area contributed by atoms with E-state index in [1.165, 1.54) is 17.1 Å². The summed E-state index contributed by atoms with van der Waals surface area (Å²) in [7, 11) is 1.91. The van der Waals surface area contributed by atoms with E-state index in [9.17, 15) is 0 Å². The molecule has 0 amide bonds. The first-order valence-corrected chi connectivity index (χ1v) is 6.57. The Hall–Kier alpha value is -1.88. The van der Waals surface area contributed by atoms with Crippen molar-refractivity contribution in [3.63, 3.8) is 0 Å². The highest BCUT2D eigenvalue weighted by molar-refractivity contribution is 7.10. The van der Waals surface area contributed by atoms with Crippen LogP contribution in [0.3, 0.4) is 0 Å². The van der Waals surface area contributed by atoms with Gasteiger partial charge in [-0.05, 0) is 43.1 Å². The number of nitrogens with zero attached hydrogens (tertiary/aromatic N) is 2. The van der Waals surface area contributed by atoms with Crippen LogP contribution in [0.4, 0.5) is 5.00 Å². The molecule has 4 nitrogen and oxygen atoms in total. The number of hydrogen-bond acceptors (Lipinski definition) is 4. The third-order valence-corrected chi connectivity index (χ3v) is 3.92. The molecular formula is C13H14N4S. The van der Waals surface area contributed by atoms with Gasteiger partial charge in [0.05, 0.1) is 22.3 Å². The van der Waals surface area contributed by atoms with Gasteiger partial charge in [0, 0.05) is 7.05 Å². The van der Waals surface area contributed by atoms with Gasteiger partial charge in [0.1, 0.15) is 10.8 Å². The van der Waals surface area contributed by atoms with Crippen LogP contribution in [0.2, 0.25) is 0 Å². The Morgan fingerprint density at radius 3 is 2.89 bits per heavy atom. The molecule has 2 N–H and O–H groups in total. The van der Waals surface area contributed by atoms with Crippen molar-refractivity contribution >= 4 is 27.6 Å². The zero-order valence-electron chi connectivity index (χ0n) is 10.5. The molecule has 92 valence electrons. The average molecular weight is 258 g/mol. The van der Waals surface area contributed by atoms with Crippen LogP contribution < -0.4 is 5.32 Å². The number of anilines is 1. The molecular weight excluding hydrogens is 244 g/mol. The van der Waals surface area contributed by atoms with Crippen molar-refractivity contribution in [1.82, 2.24) is 14.3 Å². The number of fused-ring (bicyclic) bond motifs is 1. The summed E-state index contributed by atoms with van der Waals surface area (Å²) in [5.41, 5.74) is 5.35. The molecule has 2 aromatic heterocycles. The molecule has 0 aliphatic carbocycles. The summed E-state index contributed by atoms with van der Waals surface area (Å²) in [6.45, 7) is 4.08. The molecule has 0 atom stereocenters. The molecule has 0 saturated heterocycles. The van der Waals surface area contributed by atoms with Crippen LogP contribution in [0, 0.1) is 13.8 Å². The number of nitrogens with one attached hydrogen (secondary N) is 2. The molecule has 0 saturated carbocycles. The predicted octanol–water partition coefficient (Wildman–Crippen LogP) is 3.34. The highest BCUT2D eigenvalue weighted by atomic mass is 32.1. The van der Waals surface area contributed by atoms with Crippen LogP contribution >= 0.6 is 11.5 Å². The number of hydrogen-bond donors (Lipinski definition) is 2. The maximum absolute atomic E-state index is 4.64. The van der Waals surface area contributed by atoms with E-state index in [2.05, 4.69) is 38.7 Å². The van der Waals surface area contributed by atoms with Crippen LogP contribution in [0.1, 0.15) is 11.3 Å². The molecule has 0 unspecified atom stereocenters. The quantitative estimate of drug-likeness (QED) is 0.741.